The van der Waals surface area contributed by atoms with E-state index in [1.165, 1.54) is 12.8 Å². The number of rotatable bonds is 7. The molecule has 0 bridgehead atoms. The van der Waals surface area contributed by atoms with Crippen LogP contribution in [0.2, 0.25) is 5.02 Å². The summed E-state index contributed by atoms with van der Waals surface area (Å²) in [5, 5.41) is 12.9. The number of hydrogen-bond donors (Lipinski definition) is 1. The summed E-state index contributed by atoms with van der Waals surface area (Å²) >= 11 is 6.14. The molecule has 102 valence electrons. The second-order valence-electron chi connectivity index (χ2n) is 4.95. The predicted octanol–water partition coefficient (Wildman–Crippen LogP) is 2.79. The highest BCUT2D eigenvalue weighted by molar-refractivity contribution is 6.31. The monoisotopic (exact) mass is 277 g/mol. The van der Waals surface area contributed by atoms with Crippen molar-refractivity contribution in [3.8, 4) is 6.07 Å². The minimum atomic E-state index is 0.611. The summed E-state index contributed by atoms with van der Waals surface area (Å²) < 4.78 is 0. The van der Waals surface area contributed by atoms with Crippen molar-refractivity contribution in [3.63, 3.8) is 0 Å². The Labute approximate surface area is 120 Å². The van der Waals surface area contributed by atoms with Crippen molar-refractivity contribution in [2.75, 3.05) is 19.6 Å². The molecule has 4 heteroatoms. The van der Waals surface area contributed by atoms with Crippen molar-refractivity contribution >= 4 is 11.6 Å². The highest BCUT2D eigenvalue weighted by Gasteiger charge is 2.26. The van der Waals surface area contributed by atoms with Gasteiger partial charge in [0.25, 0.3) is 0 Å². The van der Waals surface area contributed by atoms with Crippen molar-refractivity contribution in [2.45, 2.75) is 32.4 Å². The normalized spacial score (nSPS) is 14.6. The fourth-order valence-corrected chi connectivity index (χ4v) is 2.49. The predicted molar refractivity (Wildman–Crippen MR) is 78.1 cm³/mol. The maximum atomic E-state index is 8.78. The Hall–Kier alpha value is -1.08. The van der Waals surface area contributed by atoms with Crippen LogP contribution in [-0.4, -0.2) is 30.6 Å². The van der Waals surface area contributed by atoms with Crippen LogP contribution in [-0.2, 0) is 6.54 Å². The van der Waals surface area contributed by atoms with Crippen LogP contribution < -0.4 is 5.32 Å². The van der Waals surface area contributed by atoms with Gasteiger partial charge < -0.3 is 5.32 Å². The van der Waals surface area contributed by atoms with Crippen LogP contribution in [0.4, 0.5) is 0 Å². The Balaban J connectivity index is 1.74. The molecule has 1 aliphatic carbocycles. The fourth-order valence-electron chi connectivity index (χ4n) is 2.24. The zero-order chi connectivity index (χ0) is 13.7. The topological polar surface area (TPSA) is 39.1 Å². The largest absolute Gasteiger partial charge is 0.311 e. The maximum Gasteiger partial charge on any atom is 0.0992 e. The van der Waals surface area contributed by atoms with Crippen molar-refractivity contribution in [2.24, 2.45) is 0 Å². The van der Waals surface area contributed by atoms with Crippen LogP contribution in [0.3, 0.4) is 0 Å². The molecule has 19 heavy (non-hydrogen) atoms. The Morgan fingerprint density at radius 3 is 2.84 bits per heavy atom. The smallest absolute Gasteiger partial charge is 0.0992 e. The van der Waals surface area contributed by atoms with E-state index in [9.17, 15) is 0 Å². The quantitative estimate of drug-likeness (QED) is 0.779. The van der Waals surface area contributed by atoms with Gasteiger partial charge in [0.2, 0.25) is 0 Å². The van der Waals surface area contributed by atoms with Gasteiger partial charge in [0.15, 0.2) is 0 Å². The lowest BCUT2D eigenvalue weighted by atomic mass is 10.1. The second-order valence-corrected chi connectivity index (χ2v) is 5.36. The molecule has 0 atom stereocenters. The lowest BCUT2D eigenvalue weighted by Crippen LogP contribution is -2.33. The van der Waals surface area contributed by atoms with E-state index in [0.29, 0.717) is 10.6 Å². The Bertz CT molecular complexity index is 463. The average molecular weight is 278 g/mol. The molecule has 1 saturated carbocycles. The first-order chi connectivity index (χ1) is 9.24. The molecule has 3 nitrogen and oxygen atoms in total. The van der Waals surface area contributed by atoms with Crippen molar-refractivity contribution < 1.29 is 0 Å². The molecule has 0 amide bonds. The molecule has 0 aromatic heterocycles. The molecule has 2 rings (SSSR count). The summed E-state index contributed by atoms with van der Waals surface area (Å²) in [6, 6.07) is 8.37. The third-order valence-electron chi connectivity index (χ3n) is 3.54. The van der Waals surface area contributed by atoms with E-state index in [0.717, 1.165) is 37.8 Å². The summed E-state index contributed by atoms with van der Waals surface area (Å²) in [4.78, 5) is 2.52. The van der Waals surface area contributed by atoms with Gasteiger partial charge in [-0.3, -0.25) is 4.90 Å². The molecule has 0 unspecified atom stereocenters. The first-order valence-corrected chi connectivity index (χ1v) is 7.25. The van der Waals surface area contributed by atoms with Gasteiger partial charge in [-0.2, -0.15) is 5.26 Å². The van der Waals surface area contributed by atoms with Crippen LogP contribution in [0.1, 0.15) is 30.9 Å². The van der Waals surface area contributed by atoms with Gasteiger partial charge in [0.1, 0.15) is 0 Å². The maximum absolute atomic E-state index is 8.78. The van der Waals surface area contributed by atoms with Gasteiger partial charge in [-0.25, -0.2) is 0 Å². The van der Waals surface area contributed by atoms with E-state index < -0.39 is 0 Å². The van der Waals surface area contributed by atoms with E-state index in [4.69, 9.17) is 16.9 Å². The summed E-state index contributed by atoms with van der Waals surface area (Å²) in [5.74, 6) is 0. The van der Waals surface area contributed by atoms with Gasteiger partial charge in [-0.1, -0.05) is 24.6 Å². The highest BCUT2D eigenvalue weighted by Crippen LogP contribution is 2.25. The molecule has 1 fully saturated rings. The number of nitriles is 1. The summed E-state index contributed by atoms with van der Waals surface area (Å²) in [7, 11) is 0. The number of nitrogens with zero attached hydrogens (tertiary/aromatic N) is 2. The first kappa shape index (κ1) is 14.3. The van der Waals surface area contributed by atoms with Crippen LogP contribution in [0.15, 0.2) is 18.2 Å². The number of benzene rings is 1. The van der Waals surface area contributed by atoms with E-state index in [1.54, 1.807) is 6.07 Å². The van der Waals surface area contributed by atoms with Gasteiger partial charge in [0.05, 0.1) is 11.6 Å². The van der Waals surface area contributed by atoms with Crippen molar-refractivity contribution in [3.05, 3.63) is 34.3 Å². The summed E-state index contributed by atoms with van der Waals surface area (Å²) in [6.45, 7) is 6.17. The zero-order valence-electron chi connectivity index (χ0n) is 11.3. The Morgan fingerprint density at radius 2 is 2.26 bits per heavy atom. The highest BCUT2D eigenvalue weighted by atomic mass is 35.5. The number of nitrogens with one attached hydrogen (secondary N) is 1. The molecular formula is C15H20ClN3. The number of halogens is 1. The molecular weight excluding hydrogens is 258 g/mol. The fraction of sp³-hybridized carbons (Fsp3) is 0.533. The average Bonchev–Trinajstić information content (AvgIpc) is 3.24. The summed E-state index contributed by atoms with van der Waals surface area (Å²) in [6.07, 6.45) is 2.71. The first-order valence-electron chi connectivity index (χ1n) is 6.88. The van der Waals surface area contributed by atoms with E-state index in [2.05, 4.69) is 23.2 Å². The van der Waals surface area contributed by atoms with Gasteiger partial charge in [-0.05, 0) is 37.1 Å². The third-order valence-corrected chi connectivity index (χ3v) is 3.89. The van der Waals surface area contributed by atoms with Crippen molar-refractivity contribution in [1.82, 2.24) is 10.2 Å². The van der Waals surface area contributed by atoms with Gasteiger partial charge >= 0.3 is 0 Å². The lowest BCUT2D eigenvalue weighted by Gasteiger charge is -2.19. The minimum Gasteiger partial charge on any atom is -0.311 e. The van der Waals surface area contributed by atoms with Crippen LogP contribution in [0.5, 0.6) is 0 Å². The standard InChI is InChI=1S/C15H20ClN3/c1-2-19(14-5-6-14)8-7-18-11-13-4-3-12(10-17)9-15(13)16/h3-4,9,14,18H,2,5-8,11H2,1H3. The number of hydrogen-bond acceptors (Lipinski definition) is 3. The SMILES string of the molecule is CCN(CCNCc1ccc(C#N)cc1Cl)C1CC1. The van der Waals surface area contributed by atoms with E-state index >= 15 is 0 Å². The molecule has 1 aromatic carbocycles. The Kier molecular flexibility index (Phi) is 5.21. The van der Waals surface area contributed by atoms with Crippen LogP contribution in [0.25, 0.3) is 0 Å². The van der Waals surface area contributed by atoms with Gasteiger partial charge in [0, 0.05) is 30.7 Å². The lowest BCUT2D eigenvalue weighted by molar-refractivity contribution is 0.277. The van der Waals surface area contributed by atoms with Gasteiger partial charge in [-0.15, -0.1) is 0 Å². The molecule has 0 aliphatic heterocycles. The van der Waals surface area contributed by atoms with E-state index in [1.807, 2.05) is 12.1 Å². The molecule has 1 aromatic rings. The third kappa shape index (κ3) is 4.21. The molecule has 0 radical (unpaired) electrons. The molecule has 0 spiro atoms. The molecule has 0 saturated heterocycles. The molecule has 1 aliphatic rings. The minimum absolute atomic E-state index is 0.611. The number of likely N-dealkylation sites (N-methyl/N-ethyl adjacent to an activating group) is 1. The van der Waals surface area contributed by atoms with E-state index in [-0.39, 0.29) is 0 Å². The van der Waals surface area contributed by atoms with Crippen LogP contribution in [0, 0.1) is 11.3 Å². The molecule has 0 heterocycles. The second kappa shape index (κ2) is 6.91. The molecule has 1 N–H and O–H groups in total. The van der Waals surface area contributed by atoms with Crippen LogP contribution >= 0.6 is 11.6 Å². The Morgan fingerprint density at radius 1 is 1.47 bits per heavy atom. The summed E-state index contributed by atoms with van der Waals surface area (Å²) in [5.41, 5.74) is 1.66. The zero-order valence-corrected chi connectivity index (χ0v) is 12.1. The van der Waals surface area contributed by atoms with Crippen molar-refractivity contribution in [1.29, 1.82) is 5.26 Å².